The van der Waals surface area contributed by atoms with Gasteiger partial charge in [-0.15, -0.1) is 0 Å². The van der Waals surface area contributed by atoms with Gasteiger partial charge in [-0.05, 0) is 50.9 Å². The zero-order valence-corrected chi connectivity index (χ0v) is 14.7. The third kappa shape index (κ3) is 6.13. The van der Waals surface area contributed by atoms with Gasteiger partial charge in [0, 0.05) is 12.6 Å². The van der Waals surface area contributed by atoms with Gasteiger partial charge < -0.3 is 10.1 Å². The first-order valence-electron chi connectivity index (χ1n) is 8.78. The molecule has 120 valence electrons. The van der Waals surface area contributed by atoms with Crippen LogP contribution in [0.25, 0.3) is 0 Å². The van der Waals surface area contributed by atoms with Crippen LogP contribution in [0.15, 0.2) is 0 Å². The monoisotopic (exact) mass is 283 g/mol. The second-order valence-corrected chi connectivity index (χ2v) is 7.63. The fraction of sp³-hybridized carbons (Fsp3) is 1.00. The highest BCUT2D eigenvalue weighted by Gasteiger charge is 2.37. The Labute approximate surface area is 127 Å². The standard InChI is InChI=1S/C18H37NO/c1-7-17-8-10-18(11-9-17,13-19-15(4)5)20-16(6)12-14(2)3/h14-17,19H,7-13H2,1-6H3. The number of hydrogen-bond donors (Lipinski definition) is 1. The van der Waals surface area contributed by atoms with E-state index in [9.17, 15) is 0 Å². The molecule has 0 heterocycles. The molecule has 0 spiro atoms. The van der Waals surface area contributed by atoms with Gasteiger partial charge in [-0.1, -0.05) is 41.0 Å². The number of hydrogen-bond acceptors (Lipinski definition) is 2. The lowest BCUT2D eigenvalue weighted by Crippen LogP contribution is -2.49. The van der Waals surface area contributed by atoms with E-state index in [4.69, 9.17) is 4.74 Å². The zero-order valence-electron chi connectivity index (χ0n) is 14.7. The average molecular weight is 284 g/mol. The van der Waals surface area contributed by atoms with Crippen molar-refractivity contribution in [1.29, 1.82) is 0 Å². The van der Waals surface area contributed by atoms with Gasteiger partial charge in [-0.25, -0.2) is 0 Å². The van der Waals surface area contributed by atoms with Crippen LogP contribution in [-0.2, 0) is 4.74 Å². The highest BCUT2D eigenvalue weighted by Crippen LogP contribution is 2.37. The van der Waals surface area contributed by atoms with Crippen molar-refractivity contribution in [2.24, 2.45) is 11.8 Å². The topological polar surface area (TPSA) is 21.3 Å². The Morgan fingerprint density at radius 2 is 1.70 bits per heavy atom. The van der Waals surface area contributed by atoms with Gasteiger partial charge in [-0.2, -0.15) is 0 Å². The molecule has 20 heavy (non-hydrogen) atoms. The molecule has 1 saturated carbocycles. The summed E-state index contributed by atoms with van der Waals surface area (Å²) >= 11 is 0. The molecule has 0 aromatic rings. The van der Waals surface area contributed by atoms with Crippen LogP contribution >= 0.6 is 0 Å². The first-order chi connectivity index (χ1) is 9.37. The lowest BCUT2D eigenvalue weighted by molar-refractivity contribution is -0.117. The molecule has 0 amide bonds. The molecule has 1 atom stereocenters. The number of nitrogens with one attached hydrogen (secondary N) is 1. The first-order valence-corrected chi connectivity index (χ1v) is 8.78. The minimum Gasteiger partial charge on any atom is -0.371 e. The maximum Gasteiger partial charge on any atom is 0.0810 e. The second-order valence-electron chi connectivity index (χ2n) is 7.63. The molecular weight excluding hydrogens is 246 g/mol. The first kappa shape index (κ1) is 18.0. The molecule has 0 aromatic heterocycles. The summed E-state index contributed by atoms with van der Waals surface area (Å²) in [7, 11) is 0. The average Bonchev–Trinajstić information content (AvgIpc) is 2.36. The van der Waals surface area contributed by atoms with Gasteiger partial charge in [0.1, 0.15) is 0 Å². The van der Waals surface area contributed by atoms with Crippen LogP contribution in [0.2, 0.25) is 0 Å². The summed E-state index contributed by atoms with van der Waals surface area (Å²) in [6.45, 7) is 14.6. The van der Waals surface area contributed by atoms with E-state index in [1.165, 1.54) is 38.5 Å². The van der Waals surface area contributed by atoms with Crippen molar-refractivity contribution in [2.45, 2.75) is 97.8 Å². The predicted octanol–water partition coefficient (Wildman–Crippen LogP) is 4.77. The van der Waals surface area contributed by atoms with Crippen molar-refractivity contribution in [1.82, 2.24) is 5.32 Å². The Bertz CT molecular complexity index is 254. The third-order valence-corrected chi connectivity index (χ3v) is 4.68. The Hall–Kier alpha value is -0.0800. The molecular formula is C18H37NO. The quantitative estimate of drug-likeness (QED) is 0.692. The summed E-state index contributed by atoms with van der Waals surface area (Å²) in [5.41, 5.74) is 0.0875. The molecule has 1 rings (SSSR count). The van der Waals surface area contributed by atoms with E-state index in [1.54, 1.807) is 0 Å². The van der Waals surface area contributed by atoms with Crippen LogP contribution in [0.3, 0.4) is 0 Å². The van der Waals surface area contributed by atoms with E-state index < -0.39 is 0 Å². The summed E-state index contributed by atoms with van der Waals surface area (Å²) in [6.07, 6.45) is 8.01. The molecule has 1 fully saturated rings. The fourth-order valence-electron chi connectivity index (χ4n) is 3.48. The van der Waals surface area contributed by atoms with Gasteiger partial charge >= 0.3 is 0 Å². The van der Waals surface area contributed by atoms with Crippen LogP contribution in [-0.4, -0.2) is 24.3 Å². The molecule has 2 nitrogen and oxygen atoms in total. The number of ether oxygens (including phenoxy) is 1. The largest absolute Gasteiger partial charge is 0.371 e. The smallest absolute Gasteiger partial charge is 0.0810 e. The Kier molecular flexibility index (Phi) is 7.53. The van der Waals surface area contributed by atoms with Gasteiger partial charge in [0.2, 0.25) is 0 Å². The van der Waals surface area contributed by atoms with E-state index in [0.717, 1.165) is 12.5 Å². The lowest BCUT2D eigenvalue weighted by Gasteiger charge is -2.42. The van der Waals surface area contributed by atoms with Crippen molar-refractivity contribution >= 4 is 0 Å². The highest BCUT2D eigenvalue weighted by atomic mass is 16.5. The van der Waals surface area contributed by atoms with Crippen LogP contribution in [0.1, 0.15) is 80.1 Å². The Morgan fingerprint density at radius 3 is 2.15 bits per heavy atom. The normalized spacial score (nSPS) is 29.1. The van der Waals surface area contributed by atoms with E-state index >= 15 is 0 Å². The second kappa shape index (κ2) is 8.38. The highest BCUT2D eigenvalue weighted by molar-refractivity contribution is 4.90. The van der Waals surface area contributed by atoms with Crippen LogP contribution in [0, 0.1) is 11.8 Å². The van der Waals surface area contributed by atoms with Crippen molar-refractivity contribution in [3.8, 4) is 0 Å². The van der Waals surface area contributed by atoms with E-state index in [2.05, 4.69) is 46.9 Å². The van der Waals surface area contributed by atoms with E-state index in [1.807, 2.05) is 0 Å². The SMILES string of the molecule is CCC1CCC(CNC(C)C)(OC(C)CC(C)C)CC1. The summed E-state index contributed by atoms with van der Waals surface area (Å²) in [6, 6.07) is 0.541. The summed E-state index contributed by atoms with van der Waals surface area (Å²) < 4.78 is 6.57. The maximum atomic E-state index is 6.57. The van der Waals surface area contributed by atoms with Gasteiger partial charge in [-0.3, -0.25) is 0 Å². The van der Waals surface area contributed by atoms with Gasteiger partial charge in [0.25, 0.3) is 0 Å². The van der Waals surface area contributed by atoms with Crippen molar-refractivity contribution in [3.63, 3.8) is 0 Å². The van der Waals surface area contributed by atoms with Gasteiger partial charge in [0.05, 0.1) is 11.7 Å². The minimum atomic E-state index is 0.0875. The van der Waals surface area contributed by atoms with Gasteiger partial charge in [0.15, 0.2) is 0 Å². The summed E-state index contributed by atoms with van der Waals surface area (Å²) in [5.74, 6) is 1.64. The molecule has 0 radical (unpaired) electrons. The van der Waals surface area contributed by atoms with Crippen LogP contribution in [0.4, 0.5) is 0 Å². The Morgan fingerprint density at radius 1 is 1.10 bits per heavy atom. The summed E-state index contributed by atoms with van der Waals surface area (Å²) in [4.78, 5) is 0. The van der Waals surface area contributed by atoms with Crippen LogP contribution in [0.5, 0.6) is 0 Å². The molecule has 1 aliphatic rings. The minimum absolute atomic E-state index is 0.0875. The van der Waals surface area contributed by atoms with Crippen molar-refractivity contribution in [2.75, 3.05) is 6.54 Å². The van der Waals surface area contributed by atoms with Crippen molar-refractivity contribution < 1.29 is 4.74 Å². The third-order valence-electron chi connectivity index (χ3n) is 4.68. The van der Waals surface area contributed by atoms with Crippen molar-refractivity contribution in [3.05, 3.63) is 0 Å². The molecule has 0 bridgehead atoms. The molecule has 2 heteroatoms. The fourth-order valence-corrected chi connectivity index (χ4v) is 3.48. The summed E-state index contributed by atoms with van der Waals surface area (Å²) in [5, 5.41) is 3.62. The molecule has 1 aliphatic carbocycles. The van der Waals surface area contributed by atoms with E-state index in [-0.39, 0.29) is 5.60 Å². The molecule has 1 unspecified atom stereocenters. The molecule has 1 N–H and O–H groups in total. The van der Waals surface area contributed by atoms with E-state index in [0.29, 0.717) is 18.1 Å². The lowest BCUT2D eigenvalue weighted by atomic mass is 9.77. The predicted molar refractivity (Wildman–Crippen MR) is 88.1 cm³/mol. The zero-order chi connectivity index (χ0) is 15.2. The molecule has 0 aromatic carbocycles. The molecule has 0 aliphatic heterocycles. The molecule has 0 saturated heterocycles. The number of rotatable bonds is 8. The Balaban J connectivity index is 2.60. The maximum absolute atomic E-state index is 6.57. The van der Waals surface area contributed by atoms with Crippen LogP contribution < -0.4 is 5.32 Å².